The van der Waals surface area contributed by atoms with Crippen LogP contribution < -0.4 is 19.7 Å². The Morgan fingerprint density at radius 2 is 1.86 bits per heavy atom. The highest BCUT2D eigenvalue weighted by atomic mass is 32.2. The fourth-order valence-electron chi connectivity index (χ4n) is 3.76. The van der Waals surface area contributed by atoms with Crippen LogP contribution in [0.15, 0.2) is 48.5 Å². The van der Waals surface area contributed by atoms with Crippen molar-refractivity contribution in [1.82, 2.24) is 10.6 Å². The van der Waals surface area contributed by atoms with Gasteiger partial charge >= 0.3 is 0 Å². The van der Waals surface area contributed by atoms with Crippen molar-refractivity contribution in [1.29, 1.82) is 0 Å². The van der Waals surface area contributed by atoms with E-state index in [4.69, 9.17) is 4.74 Å². The van der Waals surface area contributed by atoms with Gasteiger partial charge in [-0.1, -0.05) is 39.0 Å². The van der Waals surface area contributed by atoms with Crippen molar-refractivity contribution in [3.63, 3.8) is 0 Å². The van der Waals surface area contributed by atoms with Crippen LogP contribution in [0.5, 0.6) is 5.75 Å². The molecule has 2 rings (SSSR count). The second kappa shape index (κ2) is 13.5. The molecule has 0 spiro atoms. The van der Waals surface area contributed by atoms with E-state index in [1.54, 1.807) is 38.3 Å². The molecule has 2 aromatic rings. The van der Waals surface area contributed by atoms with Gasteiger partial charge in [-0.15, -0.1) is 0 Å². The van der Waals surface area contributed by atoms with E-state index < -0.39 is 22.2 Å². The molecule has 0 bridgehead atoms. The molecule has 0 unspecified atom stereocenters. The second-order valence-corrected chi connectivity index (χ2v) is 11.2. The number of aliphatic hydroxyl groups excluding tert-OH is 1. The quantitative estimate of drug-likeness (QED) is 0.364. The third kappa shape index (κ3) is 8.83. The summed E-state index contributed by atoms with van der Waals surface area (Å²) in [6.07, 6.45) is 0.300. The van der Waals surface area contributed by atoms with E-state index in [2.05, 4.69) is 10.6 Å². The average molecular weight is 506 g/mol. The molecule has 0 fully saturated rings. The Labute approximate surface area is 209 Å². The molecule has 1 amide bonds. The van der Waals surface area contributed by atoms with Crippen molar-refractivity contribution in [2.45, 2.75) is 52.3 Å². The topological polar surface area (TPSA) is 108 Å². The van der Waals surface area contributed by atoms with Gasteiger partial charge in [0.15, 0.2) is 0 Å². The first-order valence-electron chi connectivity index (χ1n) is 12.0. The van der Waals surface area contributed by atoms with Gasteiger partial charge in [0.25, 0.3) is 5.91 Å². The lowest BCUT2D eigenvalue weighted by Crippen LogP contribution is -2.48. The monoisotopic (exact) mass is 505 g/mol. The summed E-state index contributed by atoms with van der Waals surface area (Å²) in [6, 6.07) is 13.7. The number of ether oxygens (including phenoxy) is 1. The molecular formula is C26H39N3O5S. The molecule has 0 saturated heterocycles. The minimum absolute atomic E-state index is 0.0331. The first kappa shape index (κ1) is 28.6. The molecule has 194 valence electrons. The molecule has 0 heterocycles. The number of hydrogen-bond donors (Lipinski definition) is 3. The molecule has 2 atom stereocenters. The van der Waals surface area contributed by atoms with E-state index in [1.165, 1.54) is 11.4 Å². The molecule has 0 aliphatic heterocycles. The fraction of sp³-hybridized carbons (Fsp3) is 0.500. The fourth-order valence-corrected chi connectivity index (χ4v) is 4.98. The Hall–Kier alpha value is -2.62. The number of nitrogens with zero attached hydrogens (tertiary/aromatic N) is 1. The van der Waals surface area contributed by atoms with Crippen molar-refractivity contribution in [3.05, 3.63) is 59.7 Å². The van der Waals surface area contributed by atoms with E-state index in [-0.39, 0.29) is 17.6 Å². The van der Waals surface area contributed by atoms with Gasteiger partial charge in [-0.2, -0.15) is 0 Å². The smallest absolute Gasteiger partial charge is 0.251 e. The number of carbonyl (C=O) groups is 1. The molecule has 0 aromatic heterocycles. The number of anilines is 1. The molecule has 9 heteroatoms. The average Bonchev–Trinajstić information content (AvgIpc) is 2.83. The summed E-state index contributed by atoms with van der Waals surface area (Å²) in [5.41, 5.74) is 1.79. The normalized spacial score (nSPS) is 13.3. The number of hydrogen-bond acceptors (Lipinski definition) is 6. The van der Waals surface area contributed by atoms with Crippen LogP contribution in [0.3, 0.4) is 0 Å². The third-order valence-electron chi connectivity index (χ3n) is 5.67. The summed E-state index contributed by atoms with van der Waals surface area (Å²) in [7, 11) is -0.345. The summed E-state index contributed by atoms with van der Waals surface area (Å²) in [6.45, 7) is 6.72. The van der Waals surface area contributed by atoms with Gasteiger partial charge in [0.05, 0.1) is 30.7 Å². The Morgan fingerprint density at radius 3 is 2.51 bits per heavy atom. The van der Waals surface area contributed by atoms with Crippen LogP contribution in [-0.4, -0.2) is 58.0 Å². The number of carbonyl (C=O) groups excluding carboxylic acids is 1. The number of benzene rings is 2. The molecule has 0 aliphatic rings. The lowest BCUT2D eigenvalue weighted by molar-refractivity contribution is 0.0800. The number of methoxy groups -OCH3 is 1. The van der Waals surface area contributed by atoms with Gasteiger partial charge in [0.2, 0.25) is 10.0 Å². The second-order valence-electron chi connectivity index (χ2n) is 9.09. The predicted molar refractivity (Wildman–Crippen MR) is 140 cm³/mol. The number of rotatable bonds is 14. The maximum Gasteiger partial charge on any atom is 0.251 e. The molecular weight excluding hydrogens is 466 g/mol. The van der Waals surface area contributed by atoms with Gasteiger partial charge in [-0.05, 0) is 54.7 Å². The highest BCUT2D eigenvalue weighted by Gasteiger charge is 2.24. The lowest BCUT2D eigenvalue weighted by atomic mass is 9.98. The zero-order valence-corrected chi connectivity index (χ0v) is 22.1. The molecule has 2 aromatic carbocycles. The van der Waals surface area contributed by atoms with E-state index in [0.29, 0.717) is 37.2 Å². The predicted octanol–water partition coefficient (Wildman–Crippen LogP) is 3.17. The number of aliphatic hydroxyl groups is 1. The number of amides is 1. The lowest BCUT2D eigenvalue weighted by Gasteiger charge is -2.26. The van der Waals surface area contributed by atoms with Crippen LogP contribution >= 0.6 is 0 Å². The van der Waals surface area contributed by atoms with Crippen LogP contribution in [-0.2, 0) is 16.6 Å². The number of sulfonamides is 1. The maximum atomic E-state index is 13.0. The van der Waals surface area contributed by atoms with Crippen molar-refractivity contribution in [2.75, 3.05) is 30.8 Å². The van der Waals surface area contributed by atoms with Crippen molar-refractivity contribution >= 4 is 21.6 Å². The summed E-state index contributed by atoms with van der Waals surface area (Å²) < 4.78 is 31.3. The Morgan fingerprint density at radius 1 is 1.14 bits per heavy atom. The minimum atomic E-state index is -3.45. The maximum absolute atomic E-state index is 13.0. The summed E-state index contributed by atoms with van der Waals surface area (Å²) in [4.78, 5) is 13.0. The van der Waals surface area contributed by atoms with Crippen LogP contribution in [0.2, 0.25) is 0 Å². The van der Waals surface area contributed by atoms with E-state index in [9.17, 15) is 18.3 Å². The highest BCUT2D eigenvalue weighted by Crippen LogP contribution is 2.19. The largest absolute Gasteiger partial charge is 0.497 e. The molecule has 0 radical (unpaired) electrons. The van der Waals surface area contributed by atoms with Gasteiger partial charge < -0.3 is 20.5 Å². The summed E-state index contributed by atoms with van der Waals surface area (Å²) in [5.74, 6) is 0.700. The van der Waals surface area contributed by atoms with Gasteiger partial charge in [-0.25, -0.2) is 8.42 Å². The Kier molecular flexibility index (Phi) is 11.0. The SMILES string of the molecule is CCCS(=O)(=O)N(C)c1cccc(C(=O)N[C@@H](CC(C)C)[C@H](O)CNCc2cccc(OC)c2)c1. The number of nitrogens with one attached hydrogen (secondary N) is 2. The van der Waals surface area contributed by atoms with Crippen LogP contribution in [0.25, 0.3) is 0 Å². The summed E-state index contributed by atoms with van der Waals surface area (Å²) >= 11 is 0. The van der Waals surface area contributed by atoms with Crippen molar-refractivity contribution < 1.29 is 23.1 Å². The Bertz CT molecular complexity index is 1060. The first-order valence-corrected chi connectivity index (χ1v) is 13.6. The van der Waals surface area contributed by atoms with Gasteiger partial charge in [0.1, 0.15) is 5.75 Å². The van der Waals surface area contributed by atoms with Crippen LogP contribution in [0, 0.1) is 5.92 Å². The van der Waals surface area contributed by atoms with Gasteiger partial charge in [0, 0.05) is 25.7 Å². The molecule has 8 nitrogen and oxygen atoms in total. The van der Waals surface area contributed by atoms with Gasteiger partial charge in [-0.3, -0.25) is 9.10 Å². The highest BCUT2D eigenvalue weighted by molar-refractivity contribution is 7.92. The van der Waals surface area contributed by atoms with E-state index in [0.717, 1.165) is 11.3 Å². The van der Waals surface area contributed by atoms with Crippen LogP contribution in [0.1, 0.15) is 49.5 Å². The first-order chi connectivity index (χ1) is 16.6. The van der Waals surface area contributed by atoms with Crippen molar-refractivity contribution in [3.8, 4) is 5.75 Å². The molecule has 3 N–H and O–H groups in total. The zero-order chi connectivity index (χ0) is 26.0. The van der Waals surface area contributed by atoms with E-state index >= 15 is 0 Å². The minimum Gasteiger partial charge on any atom is -0.497 e. The van der Waals surface area contributed by atoms with Crippen molar-refractivity contribution in [2.24, 2.45) is 5.92 Å². The molecule has 35 heavy (non-hydrogen) atoms. The Balaban J connectivity index is 2.06. The molecule has 0 aliphatic carbocycles. The summed E-state index contributed by atoms with van der Waals surface area (Å²) in [5, 5.41) is 17.0. The standard InChI is InChI=1S/C26H39N3O5S/c1-6-13-35(32,33)29(4)22-11-8-10-21(16-22)26(31)28-24(14-19(2)3)25(30)18-27-17-20-9-7-12-23(15-20)34-5/h7-12,15-16,19,24-25,27,30H,6,13-14,17-18H2,1-5H3,(H,28,31)/t24-,25+/m0/s1. The van der Waals surface area contributed by atoms with Crippen LogP contribution in [0.4, 0.5) is 5.69 Å². The van der Waals surface area contributed by atoms with E-state index in [1.807, 2.05) is 38.1 Å². The zero-order valence-electron chi connectivity index (χ0n) is 21.3. The molecule has 0 saturated carbocycles. The third-order valence-corrected chi connectivity index (χ3v) is 7.64.